The van der Waals surface area contributed by atoms with Gasteiger partial charge in [0.15, 0.2) is 5.78 Å². The summed E-state index contributed by atoms with van der Waals surface area (Å²) >= 11 is 0. The number of aromatic nitrogens is 2. The first-order chi connectivity index (χ1) is 11.7. The standard InChI is InChI=1S/C17H21N5O3/c1-10(8-20-13(4)18-5)15(19-6)7-14-11(2)22(9-16(24)25)21-17(14)12(3)23/h7-8H,5-6,9H2,1-4H3,(H,24,25)/b10-8+,15-7-,20-13?. The molecule has 0 atom stereocenters. The molecule has 132 valence electrons. The molecule has 0 bridgehead atoms. The Morgan fingerprint density at radius 3 is 2.36 bits per heavy atom. The van der Waals surface area contributed by atoms with E-state index in [2.05, 4.69) is 33.5 Å². The summed E-state index contributed by atoms with van der Waals surface area (Å²) < 4.78 is 1.27. The number of hydrogen-bond acceptors (Lipinski definition) is 5. The zero-order chi connectivity index (χ0) is 19.1. The van der Waals surface area contributed by atoms with Crippen LogP contribution < -0.4 is 0 Å². The Labute approximate surface area is 146 Å². The third-order valence-electron chi connectivity index (χ3n) is 3.40. The number of carbonyl (C=O) groups is 2. The normalized spacial score (nSPS) is 12.9. The van der Waals surface area contributed by atoms with Crippen molar-refractivity contribution in [2.75, 3.05) is 0 Å². The first-order valence-corrected chi connectivity index (χ1v) is 7.38. The molecule has 1 aromatic rings. The molecule has 0 unspecified atom stereocenters. The molecule has 0 fully saturated rings. The number of nitrogens with zero attached hydrogens (tertiary/aromatic N) is 5. The fourth-order valence-corrected chi connectivity index (χ4v) is 1.99. The van der Waals surface area contributed by atoms with Crippen molar-refractivity contribution < 1.29 is 14.7 Å². The average Bonchev–Trinajstić information content (AvgIpc) is 2.85. The number of Topliss-reactive ketones (excluding diaryl/α,β-unsaturated/α-hetero) is 1. The van der Waals surface area contributed by atoms with E-state index < -0.39 is 5.97 Å². The summed E-state index contributed by atoms with van der Waals surface area (Å²) in [5.41, 5.74) is 2.42. The number of hydrogen-bond donors (Lipinski definition) is 1. The molecule has 1 aromatic heterocycles. The molecular weight excluding hydrogens is 322 g/mol. The molecule has 25 heavy (non-hydrogen) atoms. The highest BCUT2D eigenvalue weighted by Crippen LogP contribution is 2.22. The number of ketones is 1. The number of carboxylic acid groups (broad SMARTS) is 1. The van der Waals surface area contributed by atoms with Crippen LogP contribution in [0.4, 0.5) is 0 Å². The van der Waals surface area contributed by atoms with Crippen LogP contribution in [0.2, 0.25) is 0 Å². The molecule has 0 aliphatic heterocycles. The zero-order valence-corrected chi connectivity index (χ0v) is 14.8. The third kappa shape index (κ3) is 5.17. The van der Waals surface area contributed by atoms with Gasteiger partial charge in [-0.3, -0.25) is 19.3 Å². The monoisotopic (exact) mass is 343 g/mol. The summed E-state index contributed by atoms with van der Waals surface area (Å²) in [5.74, 6) is -0.818. The molecule has 0 aromatic carbocycles. The second-order valence-corrected chi connectivity index (χ2v) is 5.29. The lowest BCUT2D eigenvalue weighted by molar-refractivity contribution is -0.137. The molecule has 8 heteroatoms. The molecule has 0 saturated carbocycles. The maximum absolute atomic E-state index is 11.9. The molecular formula is C17H21N5O3. The van der Waals surface area contributed by atoms with Gasteiger partial charge in [0.05, 0.1) is 5.70 Å². The zero-order valence-electron chi connectivity index (χ0n) is 14.8. The number of aliphatic carboxylic acids is 1. The summed E-state index contributed by atoms with van der Waals surface area (Å²) in [6.07, 6.45) is 3.21. The van der Waals surface area contributed by atoms with Crippen LogP contribution in [0.3, 0.4) is 0 Å². The van der Waals surface area contributed by atoms with Gasteiger partial charge in [0, 0.05) is 24.4 Å². The van der Waals surface area contributed by atoms with E-state index in [1.54, 1.807) is 33.0 Å². The highest BCUT2D eigenvalue weighted by atomic mass is 16.4. The predicted octanol–water partition coefficient (Wildman–Crippen LogP) is 2.54. The van der Waals surface area contributed by atoms with E-state index in [-0.39, 0.29) is 18.0 Å². The van der Waals surface area contributed by atoms with E-state index in [1.807, 2.05) is 0 Å². The van der Waals surface area contributed by atoms with Gasteiger partial charge in [-0.1, -0.05) is 0 Å². The molecule has 0 spiro atoms. The van der Waals surface area contributed by atoms with Crippen LogP contribution in [0.1, 0.15) is 42.5 Å². The van der Waals surface area contributed by atoms with Crippen LogP contribution in [0.25, 0.3) is 6.08 Å². The molecule has 1 N–H and O–H groups in total. The van der Waals surface area contributed by atoms with Crippen molar-refractivity contribution >= 4 is 37.1 Å². The minimum absolute atomic E-state index is 0.181. The van der Waals surface area contributed by atoms with E-state index in [0.29, 0.717) is 28.4 Å². The molecule has 0 aliphatic rings. The molecule has 1 rings (SSSR count). The molecule has 0 radical (unpaired) electrons. The SMILES string of the molecule is C=NC(C)=N/C=C(C)/C(=C/c1c(C(C)=O)nn(CC(=O)O)c1C)N=C. The maximum Gasteiger partial charge on any atom is 0.325 e. The number of aliphatic imine (C=N–C) groups is 3. The van der Waals surface area contributed by atoms with Crippen molar-refractivity contribution in [1.82, 2.24) is 9.78 Å². The summed E-state index contributed by atoms with van der Waals surface area (Å²) in [7, 11) is 0. The van der Waals surface area contributed by atoms with Crippen molar-refractivity contribution in [2.24, 2.45) is 15.0 Å². The van der Waals surface area contributed by atoms with Crippen LogP contribution in [0.5, 0.6) is 0 Å². The number of carboxylic acids is 1. The van der Waals surface area contributed by atoms with E-state index in [1.165, 1.54) is 11.6 Å². The summed E-state index contributed by atoms with van der Waals surface area (Å²) in [6, 6.07) is 0. The Hall–Kier alpha value is -3.16. The summed E-state index contributed by atoms with van der Waals surface area (Å²) in [6.45, 7) is 13.1. The van der Waals surface area contributed by atoms with Gasteiger partial charge in [0.1, 0.15) is 18.1 Å². The number of allylic oxidation sites excluding steroid dienone is 1. The fraction of sp³-hybridized carbons (Fsp3) is 0.294. The lowest BCUT2D eigenvalue weighted by Crippen LogP contribution is -2.12. The average molecular weight is 343 g/mol. The van der Waals surface area contributed by atoms with Gasteiger partial charge < -0.3 is 5.11 Å². The van der Waals surface area contributed by atoms with Gasteiger partial charge in [0.25, 0.3) is 0 Å². The van der Waals surface area contributed by atoms with Crippen LogP contribution in [-0.2, 0) is 11.3 Å². The smallest absolute Gasteiger partial charge is 0.325 e. The van der Waals surface area contributed by atoms with E-state index in [0.717, 1.165) is 0 Å². The quantitative estimate of drug-likeness (QED) is 0.355. The molecule has 0 amide bonds. The number of carbonyl (C=O) groups excluding carboxylic acids is 1. The van der Waals surface area contributed by atoms with Gasteiger partial charge in [-0.05, 0) is 45.9 Å². The minimum Gasteiger partial charge on any atom is -0.480 e. The molecule has 1 heterocycles. The lowest BCUT2D eigenvalue weighted by atomic mass is 10.1. The van der Waals surface area contributed by atoms with Crippen LogP contribution in [0.15, 0.2) is 32.4 Å². The first kappa shape index (κ1) is 19.9. The van der Waals surface area contributed by atoms with E-state index in [4.69, 9.17) is 5.11 Å². The van der Waals surface area contributed by atoms with Crippen LogP contribution in [0, 0.1) is 6.92 Å². The summed E-state index contributed by atoms with van der Waals surface area (Å²) in [5, 5.41) is 13.1. The van der Waals surface area contributed by atoms with Gasteiger partial charge in [-0.2, -0.15) is 5.10 Å². The van der Waals surface area contributed by atoms with Crippen molar-refractivity contribution in [1.29, 1.82) is 0 Å². The number of rotatable bonds is 7. The van der Waals surface area contributed by atoms with E-state index in [9.17, 15) is 9.59 Å². The van der Waals surface area contributed by atoms with Crippen molar-refractivity contribution in [3.05, 3.63) is 34.4 Å². The van der Waals surface area contributed by atoms with Gasteiger partial charge in [0.2, 0.25) is 0 Å². The van der Waals surface area contributed by atoms with Gasteiger partial charge >= 0.3 is 5.97 Å². The Morgan fingerprint density at radius 2 is 1.88 bits per heavy atom. The van der Waals surface area contributed by atoms with Crippen molar-refractivity contribution in [2.45, 2.75) is 34.2 Å². The maximum atomic E-state index is 11.9. The van der Waals surface area contributed by atoms with Crippen molar-refractivity contribution in [3.63, 3.8) is 0 Å². The first-order valence-electron chi connectivity index (χ1n) is 7.38. The lowest BCUT2D eigenvalue weighted by Gasteiger charge is -2.03. The van der Waals surface area contributed by atoms with Crippen LogP contribution in [-0.4, -0.2) is 45.9 Å². The van der Waals surface area contributed by atoms with E-state index >= 15 is 0 Å². The molecule has 0 aliphatic carbocycles. The highest BCUT2D eigenvalue weighted by Gasteiger charge is 2.18. The Kier molecular flexibility index (Phi) is 6.86. The predicted molar refractivity (Wildman–Crippen MR) is 98.5 cm³/mol. The van der Waals surface area contributed by atoms with Crippen molar-refractivity contribution in [3.8, 4) is 0 Å². The second-order valence-electron chi connectivity index (χ2n) is 5.29. The molecule has 8 nitrogen and oxygen atoms in total. The Balaban J connectivity index is 3.46. The summed E-state index contributed by atoms with van der Waals surface area (Å²) in [4.78, 5) is 34.6. The van der Waals surface area contributed by atoms with Gasteiger partial charge in [-0.15, -0.1) is 0 Å². The largest absolute Gasteiger partial charge is 0.480 e. The number of amidine groups is 1. The molecule has 0 saturated heterocycles. The third-order valence-corrected chi connectivity index (χ3v) is 3.40. The topological polar surface area (TPSA) is 109 Å². The Bertz CT molecular complexity index is 812. The van der Waals surface area contributed by atoms with Crippen LogP contribution >= 0.6 is 0 Å². The fourth-order valence-electron chi connectivity index (χ4n) is 1.99. The second kappa shape index (κ2) is 8.62. The minimum atomic E-state index is -1.05. The highest BCUT2D eigenvalue weighted by molar-refractivity contribution is 5.96. The Morgan fingerprint density at radius 1 is 1.24 bits per heavy atom. The van der Waals surface area contributed by atoms with Gasteiger partial charge in [-0.25, -0.2) is 9.98 Å².